The second-order valence-electron chi connectivity index (χ2n) is 3.98. The van der Waals surface area contributed by atoms with E-state index in [0.717, 1.165) is 5.56 Å². The minimum atomic E-state index is -1.04. The third-order valence-corrected chi connectivity index (χ3v) is 2.83. The van der Waals surface area contributed by atoms with E-state index in [-0.39, 0.29) is 12.6 Å². The zero-order valence-electron chi connectivity index (χ0n) is 9.37. The number of cyclic esters (lactones) is 1. The Morgan fingerprint density at radius 3 is 2.65 bits per heavy atom. The van der Waals surface area contributed by atoms with Crippen LogP contribution < -0.4 is 0 Å². The molecule has 0 bridgehead atoms. The van der Waals surface area contributed by atoms with E-state index < -0.39 is 18.2 Å². The summed E-state index contributed by atoms with van der Waals surface area (Å²) < 4.78 is 5.20. The Morgan fingerprint density at radius 2 is 2.06 bits per heavy atom. The standard InChI is InChI=1S/C12H13NO4/c1-8-11(9-5-3-2-4-6-9)17-12(16)13(8)7-10(14)15/h2-6,8,11H,7H2,1H3,(H,14,15)/t8-,11-/m0/s1. The van der Waals surface area contributed by atoms with E-state index in [1.54, 1.807) is 6.92 Å². The third kappa shape index (κ3) is 2.22. The van der Waals surface area contributed by atoms with Gasteiger partial charge in [0.15, 0.2) is 0 Å². The zero-order chi connectivity index (χ0) is 12.4. The summed E-state index contributed by atoms with van der Waals surface area (Å²) in [5.74, 6) is -1.04. The highest BCUT2D eigenvalue weighted by molar-refractivity contribution is 5.78. The van der Waals surface area contributed by atoms with Crippen LogP contribution in [-0.2, 0) is 9.53 Å². The number of hydrogen-bond acceptors (Lipinski definition) is 3. The van der Waals surface area contributed by atoms with Crippen LogP contribution in [0.1, 0.15) is 18.6 Å². The van der Waals surface area contributed by atoms with E-state index in [9.17, 15) is 9.59 Å². The summed E-state index contributed by atoms with van der Waals surface area (Å²) in [4.78, 5) is 23.4. The van der Waals surface area contributed by atoms with Crippen molar-refractivity contribution in [1.82, 2.24) is 4.90 Å². The maximum absolute atomic E-state index is 11.5. The lowest BCUT2D eigenvalue weighted by Crippen LogP contribution is -2.36. The highest BCUT2D eigenvalue weighted by atomic mass is 16.6. The highest BCUT2D eigenvalue weighted by Gasteiger charge is 2.40. The van der Waals surface area contributed by atoms with Crippen LogP contribution in [-0.4, -0.2) is 34.7 Å². The van der Waals surface area contributed by atoms with Crippen LogP contribution in [0.2, 0.25) is 0 Å². The van der Waals surface area contributed by atoms with Crippen molar-refractivity contribution >= 4 is 12.1 Å². The number of carbonyl (C=O) groups excluding carboxylic acids is 1. The van der Waals surface area contributed by atoms with Gasteiger partial charge in [0, 0.05) is 0 Å². The Kier molecular flexibility index (Phi) is 2.99. The van der Waals surface area contributed by atoms with Gasteiger partial charge in [-0.2, -0.15) is 0 Å². The zero-order valence-corrected chi connectivity index (χ0v) is 9.37. The summed E-state index contributed by atoms with van der Waals surface area (Å²) in [5, 5.41) is 8.72. The molecule has 2 rings (SSSR count). The molecule has 0 unspecified atom stereocenters. The highest BCUT2D eigenvalue weighted by Crippen LogP contribution is 2.31. The Labute approximate surface area is 98.6 Å². The minimum Gasteiger partial charge on any atom is -0.480 e. The molecule has 1 heterocycles. The average molecular weight is 235 g/mol. The van der Waals surface area contributed by atoms with Gasteiger partial charge in [-0.25, -0.2) is 4.79 Å². The van der Waals surface area contributed by atoms with Crippen molar-refractivity contribution in [3.8, 4) is 0 Å². The Bertz CT molecular complexity index is 431. The molecule has 0 spiro atoms. The fourth-order valence-corrected chi connectivity index (χ4v) is 1.95. The topological polar surface area (TPSA) is 66.8 Å². The molecule has 0 aliphatic carbocycles. The van der Waals surface area contributed by atoms with E-state index in [1.165, 1.54) is 4.90 Å². The van der Waals surface area contributed by atoms with E-state index in [4.69, 9.17) is 9.84 Å². The molecule has 1 aliphatic rings. The van der Waals surface area contributed by atoms with E-state index >= 15 is 0 Å². The lowest BCUT2D eigenvalue weighted by atomic mass is 10.0. The number of rotatable bonds is 3. The summed E-state index contributed by atoms with van der Waals surface area (Å²) in [7, 11) is 0. The number of carboxylic acids is 1. The van der Waals surface area contributed by atoms with Crippen LogP contribution >= 0.6 is 0 Å². The summed E-state index contributed by atoms with van der Waals surface area (Å²) >= 11 is 0. The molecule has 0 saturated carbocycles. The van der Waals surface area contributed by atoms with Gasteiger partial charge in [0.05, 0.1) is 6.04 Å². The predicted octanol–water partition coefficient (Wildman–Crippen LogP) is 1.65. The summed E-state index contributed by atoms with van der Waals surface area (Å²) in [6.45, 7) is 1.45. The van der Waals surface area contributed by atoms with Crippen molar-refractivity contribution in [2.75, 3.05) is 6.54 Å². The Morgan fingerprint density at radius 1 is 1.41 bits per heavy atom. The van der Waals surface area contributed by atoms with Crippen LogP contribution in [0.25, 0.3) is 0 Å². The number of hydrogen-bond donors (Lipinski definition) is 1. The van der Waals surface area contributed by atoms with Gasteiger partial charge in [-0.1, -0.05) is 30.3 Å². The lowest BCUT2D eigenvalue weighted by Gasteiger charge is -2.18. The van der Waals surface area contributed by atoms with E-state index in [2.05, 4.69) is 0 Å². The molecule has 0 radical (unpaired) electrons. The van der Waals surface area contributed by atoms with Crippen LogP contribution in [0.3, 0.4) is 0 Å². The predicted molar refractivity (Wildman–Crippen MR) is 59.5 cm³/mol. The van der Waals surface area contributed by atoms with Crippen molar-refractivity contribution < 1.29 is 19.4 Å². The van der Waals surface area contributed by atoms with Crippen LogP contribution in [0.4, 0.5) is 4.79 Å². The molecule has 5 nitrogen and oxygen atoms in total. The molecule has 1 aliphatic heterocycles. The SMILES string of the molecule is C[C@H]1[C@@H](c2ccccc2)OC(=O)N1CC(=O)O. The fourth-order valence-electron chi connectivity index (χ4n) is 1.95. The number of amides is 1. The first-order chi connectivity index (χ1) is 8.09. The lowest BCUT2D eigenvalue weighted by molar-refractivity contribution is -0.137. The van der Waals surface area contributed by atoms with E-state index in [0.29, 0.717) is 0 Å². The van der Waals surface area contributed by atoms with Gasteiger partial charge in [0.2, 0.25) is 0 Å². The van der Waals surface area contributed by atoms with Crippen LogP contribution in [0.15, 0.2) is 30.3 Å². The van der Waals surface area contributed by atoms with Gasteiger partial charge >= 0.3 is 12.1 Å². The van der Waals surface area contributed by atoms with Gasteiger partial charge in [-0.05, 0) is 12.5 Å². The van der Waals surface area contributed by atoms with Crippen molar-refractivity contribution in [2.24, 2.45) is 0 Å². The maximum Gasteiger partial charge on any atom is 0.411 e. The van der Waals surface area contributed by atoms with Gasteiger partial charge in [0.1, 0.15) is 12.6 Å². The molecule has 1 aromatic carbocycles. The number of carbonyl (C=O) groups is 2. The normalized spacial score (nSPS) is 23.6. The number of benzene rings is 1. The number of carboxylic acid groups (broad SMARTS) is 1. The van der Waals surface area contributed by atoms with Crippen LogP contribution in [0, 0.1) is 0 Å². The third-order valence-electron chi connectivity index (χ3n) is 2.83. The molecule has 1 aromatic rings. The molecule has 2 atom stereocenters. The van der Waals surface area contributed by atoms with Crippen molar-refractivity contribution in [3.63, 3.8) is 0 Å². The first-order valence-electron chi connectivity index (χ1n) is 5.33. The summed E-state index contributed by atoms with van der Waals surface area (Å²) in [5.41, 5.74) is 0.876. The molecule has 5 heteroatoms. The molecular weight excluding hydrogens is 222 g/mol. The summed E-state index contributed by atoms with van der Waals surface area (Å²) in [6.07, 6.45) is -0.975. The summed E-state index contributed by atoms with van der Waals surface area (Å²) in [6, 6.07) is 9.03. The molecule has 1 fully saturated rings. The molecule has 1 saturated heterocycles. The molecular formula is C12H13NO4. The van der Waals surface area contributed by atoms with Crippen molar-refractivity contribution in [1.29, 1.82) is 0 Å². The Hall–Kier alpha value is -2.04. The molecule has 0 aromatic heterocycles. The van der Waals surface area contributed by atoms with Gasteiger partial charge in [0.25, 0.3) is 0 Å². The largest absolute Gasteiger partial charge is 0.480 e. The minimum absolute atomic E-state index is 0.277. The number of nitrogens with zero attached hydrogens (tertiary/aromatic N) is 1. The molecule has 1 N–H and O–H groups in total. The average Bonchev–Trinajstić information content (AvgIpc) is 2.58. The molecule has 90 valence electrons. The van der Waals surface area contributed by atoms with Crippen molar-refractivity contribution in [2.45, 2.75) is 19.1 Å². The first kappa shape index (κ1) is 11.4. The van der Waals surface area contributed by atoms with Gasteiger partial charge in [-0.15, -0.1) is 0 Å². The van der Waals surface area contributed by atoms with Crippen LogP contribution in [0.5, 0.6) is 0 Å². The molecule has 1 amide bonds. The van der Waals surface area contributed by atoms with Gasteiger partial charge < -0.3 is 9.84 Å². The van der Waals surface area contributed by atoms with Gasteiger partial charge in [-0.3, -0.25) is 9.69 Å². The Balaban J connectivity index is 2.18. The quantitative estimate of drug-likeness (QED) is 0.865. The smallest absolute Gasteiger partial charge is 0.411 e. The number of aliphatic carboxylic acids is 1. The number of ether oxygens (including phenoxy) is 1. The van der Waals surface area contributed by atoms with Crippen molar-refractivity contribution in [3.05, 3.63) is 35.9 Å². The second kappa shape index (κ2) is 4.45. The first-order valence-corrected chi connectivity index (χ1v) is 5.33. The van der Waals surface area contributed by atoms with E-state index in [1.807, 2.05) is 30.3 Å². The second-order valence-corrected chi connectivity index (χ2v) is 3.98. The fraction of sp³-hybridized carbons (Fsp3) is 0.333. The monoisotopic (exact) mass is 235 g/mol. The maximum atomic E-state index is 11.5. The molecule has 17 heavy (non-hydrogen) atoms.